The molecule has 0 amide bonds. The van der Waals surface area contributed by atoms with Gasteiger partial charge in [0.05, 0.1) is 17.1 Å². The first-order valence-corrected chi connectivity index (χ1v) is 6.68. The summed E-state index contributed by atoms with van der Waals surface area (Å²) in [4.78, 5) is 0. The molecule has 0 spiro atoms. The van der Waals surface area contributed by atoms with E-state index < -0.39 is 5.82 Å². The molecule has 1 aliphatic rings. The molecule has 0 saturated heterocycles. The van der Waals surface area contributed by atoms with Crippen molar-refractivity contribution in [1.82, 2.24) is 0 Å². The molecule has 1 fully saturated rings. The van der Waals surface area contributed by atoms with E-state index >= 15 is 0 Å². The van der Waals surface area contributed by atoms with Crippen LogP contribution in [0, 0.1) is 11.7 Å². The molecule has 5 heteroatoms. The average Bonchev–Trinajstić information content (AvgIpc) is 2.85. The fourth-order valence-electron chi connectivity index (χ4n) is 2.62. The van der Waals surface area contributed by atoms with E-state index in [2.05, 4.69) is 12.2 Å². The third-order valence-electron chi connectivity index (χ3n) is 3.74. The molecule has 0 heterocycles. The number of nitrogen functional groups attached to an aromatic ring is 2. The molecule has 0 bridgehead atoms. The van der Waals surface area contributed by atoms with Gasteiger partial charge in [-0.25, -0.2) is 4.39 Å². The SMILES string of the molecule is CC(Nc1c(N)cc(N)c(Cl)c1F)C1CCCC1. The van der Waals surface area contributed by atoms with Crippen molar-refractivity contribution in [2.75, 3.05) is 16.8 Å². The number of nitrogens with two attached hydrogens (primary N) is 2. The summed E-state index contributed by atoms with van der Waals surface area (Å²) in [6.07, 6.45) is 4.85. The monoisotopic (exact) mass is 271 g/mol. The summed E-state index contributed by atoms with van der Waals surface area (Å²) in [5.41, 5.74) is 12.1. The van der Waals surface area contributed by atoms with Crippen LogP contribution in [0.15, 0.2) is 6.07 Å². The summed E-state index contributed by atoms with van der Waals surface area (Å²) >= 11 is 5.80. The molecule has 18 heavy (non-hydrogen) atoms. The Morgan fingerprint density at radius 1 is 1.33 bits per heavy atom. The van der Waals surface area contributed by atoms with Crippen molar-refractivity contribution >= 4 is 28.7 Å². The highest BCUT2D eigenvalue weighted by Crippen LogP contribution is 2.36. The maximum Gasteiger partial charge on any atom is 0.169 e. The fraction of sp³-hybridized carbons (Fsp3) is 0.538. The molecule has 0 radical (unpaired) electrons. The standard InChI is InChI=1S/C13H19ClFN3/c1-7(8-4-2-3-5-8)18-13-10(17)6-9(16)11(14)12(13)15/h6-8,18H,2-5,16-17H2,1H3. The Hall–Kier alpha value is -1.16. The Morgan fingerprint density at radius 3 is 2.56 bits per heavy atom. The summed E-state index contributed by atoms with van der Waals surface area (Å²) in [6.45, 7) is 2.05. The second kappa shape index (κ2) is 5.22. The molecule has 1 unspecified atom stereocenters. The van der Waals surface area contributed by atoms with Gasteiger partial charge in [0.15, 0.2) is 5.82 Å². The predicted molar refractivity (Wildman–Crippen MR) is 75.3 cm³/mol. The Balaban J connectivity index is 2.20. The normalized spacial score (nSPS) is 17.9. The molecule has 1 aromatic rings. The summed E-state index contributed by atoms with van der Waals surface area (Å²) in [7, 11) is 0. The van der Waals surface area contributed by atoms with Crippen molar-refractivity contribution in [3.05, 3.63) is 16.9 Å². The van der Waals surface area contributed by atoms with Gasteiger partial charge in [0.2, 0.25) is 0 Å². The number of hydrogen-bond acceptors (Lipinski definition) is 3. The van der Waals surface area contributed by atoms with Crippen LogP contribution in [0.5, 0.6) is 0 Å². The molecular weight excluding hydrogens is 253 g/mol. The van der Waals surface area contributed by atoms with Crippen molar-refractivity contribution in [3.8, 4) is 0 Å². The second-order valence-corrected chi connectivity index (χ2v) is 5.41. The van der Waals surface area contributed by atoms with Crippen LogP contribution < -0.4 is 16.8 Å². The van der Waals surface area contributed by atoms with E-state index in [-0.39, 0.29) is 22.4 Å². The fourth-order valence-corrected chi connectivity index (χ4v) is 2.76. The Bertz CT molecular complexity index is 444. The van der Waals surface area contributed by atoms with E-state index in [0.29, 0.717) is 11.6 Å². The van der Waals surface area contributed by atoms with Crippen molar-refractivity contribution in [1.29, 1.82) is 0 Å². The van der Waals surface area contributed by atoms with Crippen molar-refractivity contribution in [3.63, 3.8) is 0 Å². The quantitative estimate of drug-likeness (QED) is 0.736. The number of benzene rings is 1. The Morgan fingerprint density at radius 2 is 1.94 bits per heavy atom. The molecular formula is C13H19ClFN3. The van der Waals surface area contributed by atoms with Crippen LogP contribution in [0.1, 0.15) is 32.6 Å². The molecule has 0 aliphatic heterocycles. The largest absolute Gasteiger partial charge is 0.397 e. The Labute approximate surface area is 112 Å². The lowest BCUT2D eigenvalue weighted by Gasteiger charge is -2.23. The highest BCUT2D eigenvalue weighted by Gasteiger charge is 2.23. The lowest BCUT2D eigenvalue weighted by Crippen LogP contribution is -2.25. The van der Waals surface area contributed by atoms with Gasteiger partial charge in [-0.1, -0.05) is 24.4 Å². The van der Waals surface area contributed by atoms with Gasteiger partial charge in [-0.05, 0) is 31.7 Å². The van der Waals surface area contributed by atoms with Crippen LogP contribution in [-0.2, 0) is 0 Å². The van der Waals surface area contributed by atoms with Gasteiger partial charge in [-0.2, -0.15) is 0 Å². The molecule has 3 nitrogen and oxygen atoms in total. The molecule has 1 aromatic carbocycles. The van der Waals surface area contributed by atoms with E-state index in [4.69, 9.17) is 23.1 Å². The first kappa shape index (κ1) is 13.3. The van der Waals surface area contributed by atoms with Gasteiger partial charge >= 0.3 is 0 Å². The smallest absolute Gasteiger partial charge is 0.169 e. The number of nitrogens with one attached hydrogen (secondary N) is 1. The summed E-state index contributed by atoms with van der Waals surface area (Å²) in [6, 6.07) is 1.68. The van der Waals surface area contributed by atoms with Gasteiger partial charge in [0.25, 0.3) is 0 Å². The third kappa shape index (κ3) is 2.48. The minimum absolute atomic E-state index is 0.0645. The van der Waals surface area contributed by atoms with Gasteiger partial charge in [0, 0.05) is 6.04 Å². The van der Waals surface area contributed by atoms with Crippen LogP contribution in [0.25, 0.3) is 0 Å². The minimum atomic E-state index is -0.556. The Kier molecular flexibility index (Phi) is 3.85. The lowest BCUT2D eigenvalue weighted by molar-refractivity contribution is 0.479. The van der Waals surface area contributed by atoms with Gasteiger partial charge in [0.1, 0.15) is 5.02 Å². The zero-order valence-corrected chi connectivity index (χ0v) is 11.2. The van der Waals surface area contributed by atoms with Crippen LogP contribution in [0.2, 0.25) is 5.02 Å². The van der Waals surface area contributed by atoms with Crippen LogP contribution in [0.4, 0.5) is 21.5 Å². The summed E-state index contributed by atoms with van der Waals surface area (Å²) in [5.74, 6) is 0.0131. The van der Waals surface area contributed by atoms with Crippen LogP contribution in [-0.4, -0.2) is 6.04 Å². The van der Waals surface area contributed by atoms with E-state index in [1.165, 1.54) is 31.7 Å². The van der Waals surface area contributed by atoms with E-state index in [9.17, 15) is 4.39 Å². The first-order valence-electron chi connectivity index (χ1n) is 6.30. The van der Waals surface area contributed by atoms with E-state index in [0.717, 1.165) is 0 Å². The summed E-state index contributed by atoms with van der Waals surface area (Å²) < 4.78 is 14.0. The first-order chi connectivity index (χ1) is 8.50. The molecule has 0 aromatic heterocycles. The third-order valence-corrected chi connectivity index (χ3v) is 4.13. The minimum Gasteiger partial charge on any atom is -0.397 e. The van der Waals surface area contributed by atoms with Crippen molar-refractivity contribution in [2.45, 2.75) is 38.6 Å². The zero-order chi connectivity index (χ0) is 13.3. The number of rotatable bonds is 3. The predicted octanol–water partition coefficient (Wildman–Crippen LogP) is 3.63. The molecule has 1 aliphatic carbocycles. The molecule has 1 saturated carbocycles. The van der Waals surface area contributed by atoms with Crippen molar-refractivity contribution in [2.24, 2.45) is 5.92 Å². The van der Waals surface area contributed by atoms with E-state index in [1.54, 1.807) is 0 Å². The van der Waals surface area contributed by atoms with Crippen LogP contribution in [0.3, 0.4) is 0 Å². The lowest BCUT2D eigenvalue weighted by atomic mass is 9.99. The van der Waals surface area contributed by atoms with Gasteiger partial charge in [-0.15, -0.1) is 0 Å². The van der Waals surface area contributed by atoms with E-state index in [1.807, 2.05) is 0 Å². The van der Waals surface area contributed by atoms with Crippen molar-refractivity contribution < 1.29 is 4.39 Å². The molecule has 100 valence electrons. The summed E-state index contributed by atoms with van der Waals surface area (Å²) in [5, 5.41) is 3.08. The maximum absolute atomic E-state index is 14.0. The average molecular weight is 272 g/mol. The van der Waals surface area contributed by atoms with Gasteiger partial charge < -0.3 is 16.8 Å². The zero-order valence-electron chi connectivity index (χ0n) is 10.5. The molecule has 1 atom stereocenters. The highest BCUT2D eigenvalue weighted by atomic mass is 35.5. The van der Waals surface area contributed by atoms with Crippen LogP contribution >= 0.6 is 11.6 Å². The highest BCUT2D eigenvalue weighted by molar-refractivity contribution is 6.33. The topological polar surface area (TPSA) is 64.1 Å². The molecule has 2 rings (SSSR count). The number of anilines is 3. The molecule has 5 N–H and O–H groups in total. The number of halogens is 2. The maximum atomic E-state index is 14.0. The number of hydrogen-bond donors (Lipinski definition) is 3. The van der Waals surface area contributed by atoms with Gasteiger partial charge in [-0.3, -0.25) is 0 Å². The second-order valence-electron chi connectivity index (χ2n) is 5.04.